The molecule has 0 unspecified atom stereocenters. The average Bonchev–Trinajstić information content (AvgIpc) is 3.21. The largest absolute Gasteiger partial charge is 0.442 e. The number of halogens is 3. The molecule has 2 N–H and O–H groups in total. The van der Waals surface area contributed by atoms with Crippen molar-refractivity contribution >= 4 is 40.5 Å². The lowest BCUT2D eigenvalue weighted by Crippen LogP contribution is -2.33. The summed E-state index contributed by atoms with van der Waals surface area (Å²) >= 11 is -0.0446. The number of carbonyl (C=O) groups is 1. The number of aryl methyl sites for hydroxylation is 2. The van der Waals surface area contributed by atoms with Crippen molar-refractivity contribution in [3.05, 3.63) is 41.7 Å². The van der Waals surface area contributed by atoms with Crippen molar-refractivity contribution in [3.63, 3.8) is 0 Å². The van der Waals surface area contributed by atoms with Gasteiger partial charge >= 0.3 is 11.5 Å². The van der Waals surface area contributed by atoms with Crippen LogP contribution in [0.5, 0.6) is 0 Å². The van der Waals surface area contributed by atoms with Gasteiger partial charge in [0.15, 0.2) is 5.65 Å². The molecule has 1 saturated heterocycles. The molecule has 1 aliphatic heterocycles. The summed E-state index contributed by atoms with van der Waals surface area (Å²) in [7, 11) is 1.74. The van der Waals surface area contributed by atoms with E-state index in [0.717, 1.165) is 27.8 Å². The summed E-state index contributed by atoms with van der Waals surface area (Å²) in [5, 5.41) is 5.86. The first-order chi connectivity index (χ1) is 15.6. The number of hydrogen-bond acceptors (Lipinski definition) is 6. The molecule has 2 amide bonds. The quantitative estimate of drug-likeness (QED) is 0.538. The lowest BCUT2D eigenvalue weighted by Gasteiger charge is -2.19. The number of benzene rings is 1. The summed E-state index contributed by atoms with van der Waals surface area (Å²) in [4.78, 5) is 27.3. The number of urea groups is 1. The summed E-state index contributed by atoms with van der Waals surface area (Å²) in [6, 6.07) is 7.08. The SMILES string of the molecule is CNc1ncc2cc(-c3cc(NC(=O)N4CC[C@@H](SC(F)(F)F)C4)ccc3C)c(C)nc2n1. The van der Waals surface area contributed by atoms with Crippen LogP contribution in [0.1, 0.15) is 17.7 Å². The van der Waals surface area contributed by atoms with Gasteiger partial charge in [0.2, 0.25) is 5.95 Å². The second kappa shape index (κ2) is 9.05. The highest BCUT2D eigenvalue weighted by atomic mass is 32.2. The maximum absolute atomic E-state index is 12.7. The molecule has 1 fully saturated rings. The second-order valence-electron chi connectivity index (χ2n) is 7.86. The van der Waals surface area contributed by atoms with E-state index >= 15 is 0 Å². The van der Waals surface area contributed by atoms with Crippen molar-refractivity contribution in [1.29, 1.82) is 0 Å². The number of rotatable bonds is 4. The van der Waals surface area contributed by atoms with Crippen molar-refractivity contribution in [3.8, 4) is 11.1 Å². The third kappa shape index (κ3) is 5.29. The number of likely N-dealkylation sites (tertiary alicyclic amines) is 1. The molecule has 174 valence electrons. The van der Waals surface area contributed by atoms with Crippen LogP contribution in [0, 0.1) is 13.8 Å². The van der Waals surface area contributed by atoms with Crippen LogP contribution in [-0.4, -0.2) is 56.8 Å². The summed E-state index contributed by atoms with van der Waals surface area (Å²) < 4.78 is 37.9. The van der Waals surface area contributed by atoms with Gasteiger partial charge in [0.1, 0.15) is 0 Å². The minimum Gasteiger partial charge on any atom is -0.357 e. The first-order valence-electron chi connectivity index (χ1n) is 10.4. The highest BCUT2D eigenvalue weighted by molar-refractivity contribution is 8.00. The maximum Gasteiger partial charge on any atom is 0.442 e. The molecule has 11 heteroatoms. The minimum atomic E-state index is -4.30. The van der Waals surface area contributed by atoms with Crippen LogP contribution in [0.25, 0.3) is 22.2 Å². The Kier molecular flexibility index (Phi) is 6.33. The van der Waals surface area contributed by atoms with E-state index in [1.165, 1.54) is 4.90 Å². The third-order valence-corrected chi connectivity index (χ3v) is 6.48. The molecular formula is C22H23F3N6OS. The first-order valence-corrected chi connectivity index (χ1v) is 11.2. The summed E-state index contributed by atoms with van der Waals surface area (Å²) in [5.74, 6) is 0.487. The molecule has 3 aromatic rings. The van der Waals surface area contributed by atoms with E-state index in [4.69, 9.17) is 0 Å². The van der Waals surface area contributed by atoms with Crippen molar-refractivity contribution in [2.75, 3.05) is 30.8 Å². The molecule has 1 atom stereocenters. The maximum atomic E-state index is 12.7. The summed E-state index contributed by atoms with van der Waals surface area (Å²) in [6.07, 6.45) is 2.02. The molecule has 1 aliphatic rings. The van der Waals surface area contributed by atoms with Gasteiger partial charge in [0.25, 0.3) is 0 Å². The zero-order valence-corrected chi connectivity index (χ0v) is 19.1. The lowest BCUT2D eigenvalue weighted by atomic mass is 9.98. The van der Waals surface area contributed by atoms with Crippen molar-refractivity contribution in [2.45, 2.75) is 31.0 Å². The third-order valence-electron chi connectivity index (χ3n) is 5.49. The fraction of sp³-hybridized carbons (Fsp3) is 0.364. The number of anilines is 2. The zero-order chi connectivity index (χ0) is 23.8. The van der Waals surface area contributed by atoms with Gasteiger partial charge in [-0.25, -0.2) is 14.8 Å². The van der Waals surface area contributed by atoms with Gasteiger partial charge in [0, 0.05) is 53.9 Å². The highest BCUT2D eigenvalue weighted by Crippen LogP contribution is 2.38. The van der Waals surface area contributed by atoms with Crippen LogP contribution in [0.3, 0.4) is 0 Å². The number of nitrogens with zero attached hydrogens (tertiary/aromatic N) is 4. The number of alkyl halides is 3. The van der Waals surface area contributed by atoms with Crippen molar-refractivity contribution < 1.29 is 18.0 Å². The number of aromatic nitrogens is 3. The summed E-state index contributed by atoms with van der Waals surface area (Å²) in [6.45, 7) is 4.21. The number of thioether (sulfide) groups is 1. The molecule has 4 rings (SSSR count). The van der Waals surface area contributed by atoms with Crippen LogP contribution in [0.15, 0.2) is 30.5 Å². The highest BCUT2D eigenvalue weighted by Gasteiger charge is 2.37. The van der Waals surface area contributed by atoms with Gasteiger partial charge in [-0.3, -0.25) is 0 Å². The van der Waals surface area contributed by atoms with E-state index in [0.29, 0.717) is 30.2 Å². The normalized spacial score (nSPS) is 16.3. The number of nitrogens with one attached hydrogen (secondary N) is 2. The van der Waals surface area contributed by atoms with Crippen LogP contribution in [-0.2, 0) is 0 Å². The van der Waals surface area contributed by atoms with E-state index in [2.05, 4.69) is 25.6 Å². The van der Waals surface area contributed by atoms with Crippen LogP contribution >= 0.6 is 11.8 Å². The molecule has 0 spiro atoms. The van der Waals surface area contributed by atoms with Gasteiger partial charge in [-0.2, -0.15) is 18.2 Å². The number of fused-ring (bicyclic) bond motifs is 1. The second-order valence-corrected chi connectivity index (χ2v) is 9.22. The Morgan fingerprint density at radius 1 is 1.18 bits per heavy atom. The van der Waals surface area contributed by atoms with Gasteiger partial charge < -0.3 is 15.5 Å². The Hall–Kier alpha value is -3.08. The Morgan fingerprint density at radius 3 is 2.70 bits per heavy atom. The van der Waals surface area contributed by atoms with Gasteiger partial charge in [-0.05, 0) is 61.4 Å². The topological polar surface area (TPSA) is 83.0 Å². The summed E-state index contributed by atoms with van der Waals surface area (Å²) in [5.41, 5.74) is 0.402. The smallest absolute Gasteiger partial charge is 0.357 e. The monoisotopic (exact) mass is 476 g/mol. The van der Waals surface area contributed by atoms with Gasteiger partial charge in [-0.1, -0.05) is 6.07 Å². The van der Waals surface area contributed by atoms with Crippen LogP contribution in [0.4, 0.5) is 29.6 Å². The Morgan fingerprint density at radius 2 is 1.97 bits per heavy atom. The van der Waals surface area contributed by atoms with E-state index in [1.807, 2.05) is 32.0 Å². The number of carbonyl (C=O) groups excluding carboxylic acids is 1. The number of pyridine rings is 1. The number of hydrogen-bond donors (Lipinski definition) is 2. The predicted molar refractivity (Wildman–Crippen MR) is 124 cm³/mol. The molecule has 2 aromatic heterocycles. The molecule has 0 bridgehead atoms. The standard InChI is InChI=1S/C22H23F3N6OS/c1-12-4-5-15(29-21(32)31-7-6-16(11-31)33-22(23,24)25)9-17(12)18-8-14-10-27-20(26-3)30-19(14)28-13(18)2/h4-5,8-10,16H,6-7,11H2,1-3H3,(H,29,32)(H,26,27,28,30)/t16-/m1/s1. The lowest BCUT2D eigenvalue weighted by molar-refractivity contribution is -0.0333. The molecule has 3 heterocycles. The van der Waals surface area contributed by atoms with E-state index in [9.17, 15) is 18.0 Å². The van der Waals surface area contributed by atoms with Crippen LogP contribution in [0.2, 0.25) is 0 Å². The van der Waals surface area contributed by atoms with Crippen molar-refractivity contribution in [1.82, 2.24) is 19.9 Å². The molecule has 33 heavy (non-hydrogen) atoms. The fourth-order valence-electron chi connectivity index (χ4n) is 3.84. The number of amides is 2. The van der Waals surface area contributed by atoms with E-state index in [-0.39, 0.29) is 18.3 Å². The molecule has 1 aromatic carbocycles. The van der Waals surface area contributed by atoms with E-state index in [1.54, 1.807) is 19.3 Å². The first kappa shape index (κ1) is 23.1. The minimum absolute atomic E-state index is 0.0446. The molecule has 0 saturated carbocycles. The predicted octanol–water partition coefficient (Wildman–Crippen LogP) is 5.21. The van der Waals surface area contributed by atoms with Crippen molar-refractivity contribution in [2.24, 2.45) is 0 Å². The van der Waals surface area contributed by atoms with Crippen LogP contribution < -0.4 is 10.6 Å². The molecule has 7 nitrogen and oxygen atoms in total. The van der Waals surface area contributed by atoms with Gasteiger partial charge in [0.05, 0.1) is 0 Å². The fourth-order valence-corrected chi connectivity index (χ4v) is 4.69. The molecule has 0 radical (unpaired) electrons. The molecule has 0 aliphatic carbocycles. The zero-order valence-electron chi connectivity index (χ0n) is 18.3. The average molecular weight is 477 g/mol. The Bertz CT molecular complexity index is 1200. The van der Waals surface area contributed by atoms with Gasteiger partial charge in [-0.15, -0.1) is 0 Å². The Balaban J connectivity index is 1.55. The van der Waals surface area contributed by atoms with E-state index < -0.39 is 16.8 Å². The molecular weight excluding hydrogens is 453 g/mol. The Labute approximate surface area is 193 Å².